The van der Waals surface area contributed by atoms with Crippen LogP contribution in [0.5, 0.6) is 17.2 Å². The van der Waals surface area contributed by atoms with E-state index >= 15 is 0 Å². The van der Waals surface area contributed by atoms with E-state index < -0.39 is 0 Å². The molecule has 3 aromatic rings. The highest BCUT2D eigenvalue weighted by Gasteiger charge is 2.17. The molecule has 0 saturated heterocycles. The van der Waals surface area contributed by atoms with Gasteiger partial charge in [0.1, 0.15) is 0 Å². The molecule has 0 bridgehead atoms. The van der Waals surface area contributed by atoms with Crippen molar-refractivity contribution in [1.29, 1.82) is 0 Å². The van der Waals surface area contributed by atoms with Gasteiger partial charge >= 0.3 is 0 Å². The summed E-state index contributed by atoms with van der Waals surface area (Å²) in [7, 11) is 4.84. The van der Waals surface area contributed by atoms with Crippen LogP contribution in [0.3, 0.4) is 0 Å². The molecule has 0 aliphatic carbocycles. The summed E-state index contributed by atoms with van der Waals surface area (Å²) in [5.74, 6) is 1.82. The molecule has 130 valence electrons. The zero-order valence-corrected chi connectivity index (χ0v) is 15.6. The summed E-state index contributed by atoms with van der Waals surface area (Å²) in [5, 5.41) is 0.894. The summed E-state index contributed by atoms with van der Waals surface area (Å²) in [5.41, 5.74) is 6.63. The van der Waals surface area contributed by atoms with Gasteiger partial charge in [0.25, 0.3) is 0 Å². The number of hydrogen-bond acceptors (Lipinski definition) is 4. The van der Waals surface area contributed by atoms with Gasteiger partial charge in [-0.25, -0.2) is 4.98 Å². The minimum absolute atomic E-state index is 0.578. The van der Waals surface area contributed by atoms with Crippen LogP contribution >= 0.6 is 0 Å². The molecule has 0 saturated carbocycles. The maximum Gasteiger partial charge on any atom is 0.204 e. The lowest BCUT2D eigenvalue weighted by Gasteiger charge is -2.15. The molecule has 0 spiro atoms. The molecule has 0 fully saturated rings. The van der Waals surface area contributed by atoms with Gasteiger partial charge in [0.05, 0.1) is 32.5 Å². The molecule has 0 N–H and O–H groups in total. The number of rotatable bonds is 4. The van der Waals surface area contributed by atoms with E-state index in [1.165, 1.54) is 16.7 Å². The highest BCUT2D eigenvalue weighted by Crippen LogP contribution is 2.43. The van der Waals surface area contributed by atoms with Crippen molar-refractivity contribution in [2.75, 3.05) is 21.3 Å². The molecule has 25 heavy (non-hydrogen) atoms. The Morgan fingerprint density at radius 1 is 0.720 bits per heavy atom. The van der Waals surface area contributed by atoms with Crippen molar-refractivity contribution < 1.29 is 14.2 Å². The Labute approximate surface area is 148 Å². The summed E-state index contributed by atoms with van der Waals surface area (Å²) >= 11 is 0. The fourth-order valence-corrected chi connectivity index (χ4v) is 3.13. The Balaban J connectivity index is 2.26. The third-order valence-electron chi connectivity index (χ3n) is 4.61. The molecule has 1 aromatic heterocycles. The van der Waals surface area contributed by atoms with Crippen molar-refractivity contribution in [1.82, 2.24) is 4.98 Å². The Morgan fingerprint density at radius 2 is 1.40 bits per heavy atom. The first-order chi connectivity index (χ1) is 12.0. The van der Waals surface area contributed by atoms with Crippen LogP contribution in [0.4, 0.5) is 0 Å². The first-order valence-electron chi connectivity index (χ1n) is 8.18. The van der Waals surface area contributed by atoms with E-state index in [1.807, 2.05) is 18.2 Å². The average molecular weight is 337 g/mol. The van der Waals surface area contributed by atoms with Crippen LogP contribution in [0.25, 0.3) is 22.2 Å². The number of benzene rings is 2. The minimum atomic E-state index is 0.578. The van der Waals surface area contributed by atoms with Crippen molar-refractivity contribution in [2.45, 2.75) is 20.8 Å². The van der Waals surface area contributed by atoms with Gasteiger partial charge in [0.15, 0.2) is 11.5 Å². The third kappa shape index (κ3) is 2.88. The summed E-state index contributed by atoms with van der Waals surface area (Å²) < 4.78 is 16.4. The number of methoxy groups -OCH3 is 3. The normalized spacial score (nSPS) is 10.8. The first kappa shape index (κ1) is 17.1. The van der Waals surface area contributed by atoms with Crippen LogP contribution in [0.1, 0.15) is 16.7 Å². The molecule has 0 aliphatic heterocycles. The molecule has 0 atom stereocenters. The molecular formula is C21H23NO3. The maximum atomic E-state index is 5.55. The molecular weight excluding hydrogens is 314 g/mol. The summed E-state index contributed by atoms with van der Waals surface area (Å²) in [6.45, 7) is 6.36. The van der Waals surface area contributed by atoms with E-state index in [0.717, 1.165) is 22.2 Å². The Hall–Kier alpha value is -2.75. The zero-order valence-electron chi connectivity index (χ0n) is 15.6. The van der Waals surface area contributed by atoms with Crippen molar-refractivity contribution >= 4 is 10.9 Å². The van der Waals surface area contributed by atoms with Crippen LogP contribution in [-0.2, 0) is 0 Å². The molecule has 0 radical (unpaired) electrons. The molecule has 0 amide bonds. The first-order valence-corrected chi connectivity index (χ1v) is 8.18. The fraction of sp³-hybridized carbons (Fsp3) is 0.286. The van der Waals surface area contributed by atoms with Crippen molar-refractivity contribution in [3.05, 3.63) is 47.0 Å². The molecule has 3 rings (SSSR count). The Morgan fingerprint density at radius 3 is 2.04 bits per heavy atom. The number of ether oxygens (including phenoxy) is 3. The van der Waals surface area contributed by atoms with Crippen LogP contribution < -0.4 is 14.2 Å². The number of hydrogen-bond donors (Lipinski definition) is 0. The van der Waals surface area contributed by atoms with Gasteiger partial charge in [0, 0.05) is 17.0 Å². The smallest absolute Gasteiger partial charge is 0.204 e. The number of pyridine rings is 1. The fourth-order valence-electron chi connectivity index (χ4n) is 3.13. The van der Waals surface area contributed by atoms with Gasteiger partial charge < -0.3 is 14.2 Å². The van der Waals surface area contributed by atoms with E-state index in [9.17, 15) is 0 Å². The van der Waals surface area contributed by atoms with Crippen molar-refractivity contribution in [2.24, 2.45) is 0 Å². The third-order valence-corrected chi connectivity index (χ3v) is 4.61. The topological polar surface area (TPSA) is 40.6 Å². The number of aromatic nitrogens is 1. The molecule has 4 nitrogen and oxygen atoms in total. The van der Waals surface area contributed by atoms with Crippen LogP contribution in [-0.4, -0.2) is 26.3 Å². The second-order valence-corrected chi connectivity index (χ2v) is 6.16. The van der Waals surface area contributed by atoms with Gasteiger partial charge in [-0.1, -0.05) is 6.07 Å². The van der Waals surface area contributed by atoms with E-state index in [1.54, 1.807) is 21.3 Å². The number of aryl methyl sites for hydroxylation is 3. The predicted octanol–water partition coefficient (Wildman–Crippen LogP) is 4.85. The van der Waals surface area contributed by atoms with Crippen molar-refractivity contribution in [3.8, 4) is 28.5 Å². The van der Waals surface area contributed by atoms with Crippen molar-refractivity contribution in [3.63, 3.8) is 0 Å². The van der Waals surface area contributed by atoms with Crippen LogP contribution in [0.2, 0.25) is 0 Å². The van der Waals surface area contributed by atoms with E-state index in [0.29, 0.717) is 17.2 Å². The molecule has 4 heteroatoms. The lowest BCUT2D eigenvalue weighted by Crippen LogP contribution is -1.98. The van der Waals surface area contributed by atoms with Gasteiger partial charge in [-0.2, -0.15) is 0 Å². The van der Waals surface area contributed by atoms with Gasteiger partial charge in [-0.3, -0.25) is 0 Å². The second kappa shape index (κ2) is 6.63. The molecule has 1 heterocycles. The summed E-state index contributed by atoms with van der Waals surface area (Å²) in [6, 6.07) is 10.3. The molecule has 0 unspecified atom stereocenters. The SMILES string of the molecule is COc1cc2nc(-c3cc(C)c(C)cc3C)ccc2c(OC)c1OC. The van der Waals surface area contributed by atoms with Crippen LogP contribution in [0, 0.1) is 20.8 Å². The standard InChI is InChI=1S/C21H23NO3/c1-12-9-14(3)16(10-13(12)2)17-8-7-15-18(22-17)11-19(23-4)21(25-6)20(15)24-5/h7-11H,1-6H3. The lowest BCUT2D eigenvalue weighted by molar-refractivity contribution is 0.327. The number of nitrogens with zero attached hydrogens (tertiary/aromatic N) is 1. The van der Waals surface area contributed by atoms with E-state index in [-0.39, 0.29) is 0 Å². The average Bonchev–Trinajstić information content (AvgIpc) is 2.62. The van der Waals surface area contributed by atoms with Crippen LogP contribution in [0.15, 0.2) is 30.3 Å². The highest BCUT2D eigenvalue weighted by molar-refractivity contribution is 5.92. The summed E-state index contributed by atoms with van der Waals surface area (Å²) in [4.78, 5) is 4.85. The quantitative estimate of drug-likeness (QED) is 0.682. The largest absolute Gasteiger partial charge is 0.493 e. The zero-order chi connectivity index (χ0) is 18.1. The number of fused-ring (bicyclic) bond motifs is 1. The van der Waals surface area contributed by atoms with E-state index in [4.69, 9.17) is 19.2 Å². The monoisotopic (exact) mass is 337 g/mol. The van der Waals surface area contributed by atoms with E-state index in [2.05, 4.69) is 32.9 Å². The Bertz CT molecular complexity index is 948. The lowest BCUT2D eigenvalue weighted by atomic mass is 9.98. The summed E-state index contributed by atoms with van der Waals surface area (Å²) in [6.07, 6.45) is 0. The molecule has 2 aromatic carbocycles. The van der Waals surface area contributed by atoms with Gasteiger partial charge in [-0.05, 0) is 55.7 Å². The van der Waals surface area contributed by atoms with Gasteiger partial charge in [-0.15, -0.1) is 0 Å². The highest BCUT2D eigenvalue weighted by atomic mass is 16.5. The molecule has 0 aliphatic rings. The maximum absolute atomic E-state index is 5.55. The van der Waals surface area contributed by atoms with Gasteiger partial charge in [0.2, 0.25) is 5.75 Å². The predicted molar refractivity (Wildman–Crippen MR) is 101 cm³/mol. The Kier molecular flexibility index (Phi) is 4.53. The second-order valence-electron chi connectivity index (χ2n) is 6.16. The minimum Gasteiger partial charge on any atom is -0.493 e.